The van der Waals surface area contributed by atoms with Crippen molar-refractivity contribution in [3.05, 3.63) is 105 Å². The third-order valence-corrected chi connectivity index (χ3v) is 5.00. The Hall–Kier alpha value is -3.47. The van der Waals surface area contributed by atoms with Crippen LogP contribution in [0.25, 0.3) is 0 Å². The molecule has 0 saturated heterocycles. The van der Waals surface area contributed by atoms with Gasteiger partial charge in [0.15, 0.2) is 0 Å². The molecule has 1 heterocycles. The van der Waals surface area contributed by atoms with E-state index < -0.39 is 5.91 Å². The predicted molar refractivity (Wildman–Crippen MR) is 121 cm³/mol. The molecule has 0 bridgehead atoms. The van der Waals surface area contributed by atoms with Gasteiger partial charge < -0.3 is 4.57 Å². The highest BCUT2D eigenvalue weighted by molar-refractivity contribution is 5.94. The van der Waals surface area contributed by atoms with Crippen molar-refractivity contribution in [3.63, 3.8) is 0 Å². The fourth-order valence-electron chi connectivity index (χ4n) is 3.09. The zero-order valence-corrected chi connectivity index (χ0v) is 17.8. The van der Waals surface area contributed by atoms with Crippen molar-refractivity contribution in [1.82, 2.24) is 9.99 Å². The lowest BCUT2D eigenvalue weighted by Crippen LogP contribution is -2.30. The molecule has 3 aromatic rings. The second-order valence-electron chi connectivity index (χ2n) is 8.36. The number of carbonyl (C=O) groups is 1. The summed E-state index contributed by atoms with van der Waals surface area (Å²) in [5.41, 5.74) is 6.43. The van der Waals surface area contributed by atoms with E-state index in [0.29, 0.717) is 6.54 Å². The minimum absolute atomic E-state index is 0.0609. The highest BCUT2D eigenvalue weighted by atomic mass is 16.2. The van der Waals surface area contributed by atoms with Crippen molar-refractivity contribution in [2.24, 2.45) is 5.10 Å². The Morgan fingerprint density at radius 3 is 2.40 bits per heavy atom. The van der Waals surface area contributed by atoms with Crippen molar-refractivity contribution < 1.29 is 4.79 Å². The maximum Gasteiger partial charge on any atom is 0.276 e. The highest BCUT2D eigenvalue weighted by Crippen LogP contribution is 2.22. The number of benzene rings is 2. The number of nitrogens with one attached hydrogen (secondary N) is 1. The maximum atomic E-state index is 12.8. The van der Waals surface area contributed by atoms with Crippen LogP contribution in [0.2, 0.25) is 0 Å². The Bertz CT molecular complexity index is 1120. The van der Waals surface area contributed by atoms with E-state index in [1.807, 2.05) is 43.3 Å². The summed E-state index contributed by atoms with van der Waals surface area (Å²) in [6, 6.07) is 19.1. The smallest absolute Gasteiger partial charge is 0.276 e. The van der Waals surface area contributed by atoms with Gasteiger partial charge in [0.2, 0.25) is 0 Å². The average Bonchev–Trinajstić information content (AvgIpc) is 2.70. The number of hydrogen-bond donors (Lipinski definition) is 1. The van der Waals surface area contributed by atoms with Gasteiger partial charge in [-0.2, -0.15) is 5.10 Å². The molecule has 0 fully saturated rings. The Balaban J connectivity index is 1.73. The number of hydrazone groups is 1. The number of rotatable bonds is 5. The van der Waals surface area contributed by atoms with Gasteiger partial charge in [0.05, 0.1) is 12.8 Å². The molecule has 0 aliphatic rings. The summed E-state index contributed by atoms with van der Waals surface area (Å²) in [4.78, 5) is 25.2. The second-order valence-corrected chi connectivity index (χ2v) is 8.36. The van der Waals surface area contributed by atoms with E-state index in [-0.39, 0.29) is 16.5 Å². The molecule has 0 saturated carbocycles. The first-order chi connectivity index (χ1) is 14.3. The van der Waals surface area contributed by atoms with Crippen molar-refractivity contribution in [2.45, 2.75) is 39.7 Å². The van der Waals surface area contributed by atoms with Gasteiger partial charge in [-0.05, 0) is 46.7 Å². The normalized spacial score (nSPS) is 11.6. The molecule has 5 nitrogen and oxygen atoms in total. The molecule has 30 heavy (non-hydrogen) atoms. The molecule has 1 N–H and O–H groups in total. The first-order valence-corrected chi connectivity index (χ1v) is 9.93. The Labute approximate surface area is 177 Å². The Kier molecular flexibility index (Phi) is 6.31. The lowest BCUT2D eigenvalue weighted by atomic mass is 9.87. The summed E-state index contributed by atoms with van der Waals surface area (Å²) in [6.45, 7) is 8.85. The first-order valence-electron chi connectivity index (χ1n) is 9.93. The van der Waals surface area contributed by atoms with Crippen LogP contribution in [-0.2, 0) is 12.0 Å². The lowest BCUT2D eigenvalue weighted by Gasteiger charge is -2.19. The van der Waals surface area contributed by atoms with Crippen LogP contribution in [-0.4, -0.2) is 16.7 Å². The van der Waals surface area contributed by atoms with Crippen LogP contribution in [0.3, 0.4) is 0 Å². The lowest BCUT2D eigenvalue weighted by molar-refractivity contribution is 0.0953. The van der Waals surface area contributed by atoms with E-state index in [9.17, 15) is 9.59 Å². The number of pyridine rings is 1. The van der Waals surface area contributed by atoms with Crippen LogP contribution in [0.15, 0.2) is 76.8 Å². The fraction of sp³-hybridized carbons (Fsp3) is 0.240. The second kappa shape index (κ2) is 8.91. The Morgan fingerprint density at radius 2 is 1.73 bits per heavy atom. The minimum atomic E-state index is -0.526. The van der Waals surface area contributed by atoms with Crippen molar-refractivity contribution in [2.75, 3.05) is 0 Å². The largest absolute Gasteiger partial charge is 0.310 e. The zero-order valence-electron chi connectivity index (χ0n) is 17.8. The van der Waals surface area contributed by atoms with E-state index >= 15 is 0 Å². The van der Waals surface area contributed by atoms with Crippen LogP contribution >= 0.6 is 0 Å². The molecular weight excluding hydrogens is 374 g/mol. The van der Waals surface area contributed by atoms with E-state index in [2.05, 4.69) is 43.4 Å². The summed E-state index contributed by atoms with van der Waals surface area (Å²) >= 11 is 0. The van der Waals surface area contributed by atoms with Gasteiger partial charge in [0.25, 0.3) is 11.5 Å². The molecule has 0 aliphatic heterocycles. The van der Waals surface area contributed by atoms with E-state index in [4.69, 9.17) is 0 Å². The van der Waals surface area contributed by atoms with Crippen LogP contribution < -0.4 is 11.0 Å². The third kappa shape index (κ3) is 5.11. The molecule has 1 amide bonds. The molecule has 0 spiro atoms. The number of carbonyl (C=O) groups excluding carboxylic acids is 1. The highest BCUT2D eigenvalue weighted by Gasteiger charge is 2.14. The molecule has 3 rings (SSSR count). The standard InChI is InChI=1S/C25H27N3O2/c1-18-8-5-6-9-20(18)16-26-27-23(29)22-10-7-15-28(24(22)30)17-19-11-13-21(14-12-19)25(2,3)4/h5-16H,17H2,1-4H3,(H,27,29)/b26-16-. The van der Waals surface area contributed by atoms with Gasteiger partial charge in [-0.3, -0.25) is 9.59 Å². The summed E-state index contributed by atoms with van der Waals surface area (Å²) < 4.78 is 1.53. The molecule has 0 aliphatic carbocycles. The summed E-state index contributed by atoms with van der Waals surface area (Å²) in [7, 11) is 0. The topological polar surface area (TPSA) is 63.5 Å². The van der Waals surface area contributed by atoms with E-state index in [1.54, 1.807) is 18.5 Å². The Morgan fingerprint density at radius 1 is 1.03 bits per heavy atom. The first kappa shape index (κ1) is 21.2. The number of aromatic nitrogens is 1. The quantitative estimate of drug-likeness (QED) is 0.513. The molecular formula is C25H27N3O2. The monoisotopic (exact) mass is 401 g/mol. The third-order valence-electron chi connectivity index (χ3n) is 5.00. The van der Waals surface area contributed by atoms with Gasteiger partial charge in [-0.25, -0.2) is 5.43 Å². The van der Waals surface area contributed by atoms with Gasteiger partial charge in [-0.1, -0.05) is 69.3 Å². The van der Waals surface area contributed by atoms with Crippen molar-refractivity contribution >= 4 is 12.1 Å². The molecule has 154 valence electrons. The minimum Gasteiger partial charge on any atom is -0.310 e. The predicted octanol–water partition coefficient (Wildman–Crippen LogP) is 4.27. The summed E-state index contributed by atoms with van der Waals surface area (Å²) in [6.07, 6.45) is 3.26. The van der Waals surface area contributed by atoms with E-state index in [0.717, 1.165) is 16.7 Å². The van der Waals surface area contributed by atoms with Gasteiger partial charge >= 0.3 is 0 Å². The van der Waals surface area contributed by atoms with Crippen LogP contribution in [0.4, 0.5) is 0 Å². The van der Waals surface area contributed by atoms with Gasteiger partial charge in [0.1, 0.15) is 5.56 Å². The van der Waals surface area contributed by atoms with Crippen molar-refractivity contribution in [3.8, 4) is 0 Å². The number of amides is 1. The van der Waals surface area contributed by atoms with E-state index in [1.165, 1.54) is 16.2 Å². The van der Waals surface area contributed by atoms with Gasteiger partial charge in [-0.15, -0.1) is 0 Å². The summed E-state index contributed by atoms with van der Waals surface area (Å²) in [5, 5.41) is 3.99. The molecule has 1 aromatic heterocycles. The zero-order chi connectivity index (χ0) is 21.7. The SMILES string of the molecule is Cc1ccccc1/C=N\NC(=O)c1cccn(Cc2ccc(C(C)(C)C)cc2)c1=O. The van der Waals surface area contributed by atoms with Gasteiger partial charge in [0, 0.05) is 6.20 Å². The molecule has 5 heteroatoms. The number of hydrogen-bond acceptors (Lipinski definition) is 3. The molecule has 0 radical (unpaired) electrons. The fourth-order valence-corrected chi connectivity index (χ4v) is 3.09. The number of aryl methyl sites for hydroxylation is 1. The number of nitrogens with zero attached hydrogens (tertiary/aromatic N) is 2. The molecule has 0 unspecified atom stereocenters. The average molecular weight is 402 g/mol. The van der Waals surface area contributed by atoms with Crippen LogP contribution in [0, 0.1) is 6.92 Å². The molecule has 0 atom stereocenters. The van der Waals surface area contributed by atoms with Crippen molar-refractivity contribution in [1.29, 1.82) is 0 Å². The maximum absolute atomic E-state index is 12.8. The summed E-state index contributed by atoms with van der Waals surface area (Å²) in [5.74, 6) is -0.526. The molecule has 2 aromatic carbocycles. The van der Waals surface area contributed by atoms with Crippen LogP contribution in [0.1, 0.15) is 53.4 Å². The van der Waals surface area contributed by atoms with Crippen LogP contribution in [0.5, 0.6) is 0 Å².